The van der Waals surface area contributed by atoms with Gasteiger partial charge in [0, 0.05) is 19.1 Å². The van der Waals surface area contributed by atoms with E-state index in [1.54, 1.807) is 4.31 Å². The van der Waals surface area contributed by atoms with Crippen molar-refractivity contribution in [3.8, 4) is 0 Å². The fourth-order valence-electron chi connectivity index (χ4n) is 2.80. The normalized spacial score (nSPS) is 32.1. The lowest BCUT2D eigenvalue weighted by Crippen LogP contribution is -2.50. The molecule has 0 aromatic heterocycles. The topological polar surface area (TPSA) is 69.6 Å². The summed E-state index contributed by atoms with van der Waals surface area (Å²) in [6.45, 7) is 1.22. The van der Waals surface area contributed by atoms with Crippen LogP contribution in [-0.2, 0) is 10.2 Å². The lowest BCUT2D eigenvalue weighted by molar-refractivity contribution is 0.100. The molecule has 2 rings (SSSR count). The van der Waals surface area contributed by atoms with Crippen molar-refractivity contribution in [3.63, 3.8) is 0 Å². The average molecular weight is 276 g/mol. The minimum Gasteiger partial charge on any atom is -0.391 e. The average Bonchev–Trinajstić information content (AvgIpc) is 2.61. The largest absolute Gasteiger partial charge is 0.391 e. The van der Waals surface area contributed by atoms with E-state index < -0.39 is 16.3 Å². The summed E-state index contributed by atoms with van der Waals surface area (Å²) in [5.41, 5.74) is 0. The summed E-state index contributed by atoms with van der Waals surface area (Å²) in [6.07, 6.45) is 6.99. The maximum Gasteiger partial charge on any atom is 0.279 e. The Bertz CT molecular complexity index is 350. The molecule has 2 N–H and O–H groups in total. The molecule has 0 aromatic carbocycles. The minimum atomic E-state index is -3.42. The molecule has 1 heterocycles. The number of aliphatic hydroxyl groups excluding tert-OH is 1. The van der Waals surface area contributed by atoms with Gasteiger partial charge in [0.1, 0.15) is 0 Å². The molecule has 0 spiro atoms. The fraction of sp³-hybridized carbons (Fsp3) is 1.00. The van der Waals surface area contributed by atoms with Gasteiger partial charge in [0.15, 0.2) is 0 Å². The van der Waals surface area contributed by atoms with Crippen molar-refractivity contribution in [2.45, 2.75) is 63.5 Å². The van der Waals surface area contributed by atoms with Crippen molar-refractivity contribution >= 4 is 10.2 Å². The maximum atomic E-state index is 12.3. The van der Waals surface area contributed by atoms with Crippen LogP contribution in [-0.4, -0.2) is 43.1 Å². The van der Waals surface area contributed by atoms with E-state index >= 15 is 0 Å². The van der Waals surface area contributed by atoms with Crippen molar-refractivity contribution in [1.29, 1.82) is 0 Å². The van der Waals surface area contributed by atoms with Crippen LogP contribution < -0.4 is 4.72 Å². The highest BCUT2D eigenvalue weighted by Gasteiger charge is 2.30. The molecule has 106 valence electrons. The Morgan fingerprint density at radius 2 is 1.56 bits per heavy atom. The summed E-state index contributed by atoms with van der Waals surface area (Å²) in [4.78, 5) is 0. The first kappa shape index (κ1) is 14.2. The van der Waals surface area contributed by atoms with Crippen molar-refractivity contribution in [3.05, 3.63) is 0 Å². The van der Waals surface area contributed by atoms with E-state index in [-0.39, 0.29) is 6.04 Å². The Kier molecular flexibility index (Phi) is 5.00. The van der Waals surface area contributed by atoms with Gasteiger partial charge in [-0.05, 0) is 25.7 Å². The molecule has 6 heteroatoms. The van der Waals surface area contributed by atoms with Gasteiger partial charge in [-0.3, -0.25) is 0 Å². The van der Waals surface area contributed by atoms with Gasteiger partial charge in [0.05, 0.1) is 6.10 Å². The predicted octanol–water partition coefficient (Wildman–Crippen LogP) is 1.00. The lowest BCUT2D eigenvalue weighted by Gasteiger charge is -2.30. The smallest absolute Gasteiger partial charge is 0.279 e. The number of hydrogen-bond acceptors (Lipinski definition) is 3. The van der Waals surface area contributed by atoms with E-state index in [1.165, 1.54) is 0 Å². The molecule has 0 radical (unpaired) electrons. The van der Waals surface area contributed by atoms with E-state index in [4.69, 9.17) is 0 Å². The molecule has 1 saturated carbocycles. The molecule has 1 saturated heterocycles. The quantitative estimate of drug-likeness (QED) is 0.808. The van der Waals surface area contributed by atoms with Crippen LogP contribution in [0.25, 0.3) is 0 Å². The first-order valence-corrected chi connectivity index (χ1v) is 8.49. The molecule has 2 atom stereocenters. The molecular formula is C12H24N2O3S. The summed E-state index contributed by atoms with van der Waals surface area (Å²) < 4.78 is 28.7. The summed E-state index contributed by atoms with van der Waals surface area (Å²) in [5.74, 6) is 0. The fourth-order valence-corrected chi connectivity index (χ4v) is 4.34. The minimum absolute atomic E-state index is 0.299. The van der Waals surface area contributed by atoms with Crippen LogP contribution in [0.15, 0.2) is 0 Å². The van der Waals surface area contributed by atoms with Gasteiger partial charge in [0.25, 0.3) is 10.2 Å². The standard InChI is InChI=1S/C12H24N2O3S/c15-12-8-4-3-7-11(12)13-18(16,17)14-9-5-1-2-6-10-14/h11-13,15H,1-10H2. The van der Waals surface area contributed by atoms with Crippen LogP contribution in [0.5, 0.6) is 0 Å². The molecule has 18 heavy (non-hydrogen) atoms. The summed E-state index contributed by atoms with van der Waals surface area (Å²) in [6, 6.07) is -0.299. The molecule has 1 aliphatic heterocycles. The van der Waals surface area contributed by atoms with Crippen molar-refractivity contribution in [2.75, 3.05) is 13.1 Å². The Morgan fingerprint density at radius 1 is 0.944 bits per heavy atom. The van der Waals surface area contributed by atoms with Gasteiger partial charge in [-0.1, -0.05) is 25.7 Å². The lowest BCUT2D eigenvalue weighted by atomic mass is 9.93. The number of hydrogen-bond donors (Lipinski definition) is 2. The van der Waals surface area contributed by atoms with Gasteiger partial charge < -0.3 is 5.11 Å². The molecule has 1 aliphatic carbocycles. The Hall–Kier alpha value is -0.170. The molecule has 0 amide bonds. The van der Waals surface area contributed by atoms with E-state index in [0.29, 0.717) is 19.5 Å². The highest BCUT2D eigenvalue weighted by Crippen LogP contribution is 2.20. The molecule has 2 unspecified atom stereocenters. The summed E-state index contributed by atoms with van der Waals surface area (Å²) >= 11 is 0. The van der Waals surface area contributed by atoms with Crippen LogP contribution >= 0.6 is 0 Å². The van der Waals surface area contributed by atoms with E-state index in [0.717, 1.165) is 44.9 Å². The van der Waals surface area contributed by atoms with Gasteiger partial charge in [0.2, 0.25) is 0 Å². The number of aliphatic hydroxyl groups is 1. The van der Waals surface area contributed by atoms with Gasteiger partial charge in [-0.15, -0.1) is 0 Å². The van der Waals surface area contributed by atoms with Crippen molar-refractivity contribution in [1.82, 2.24) is 9.03 Å². The highest BCUT2D eigenvalue weighted by molar-refractivity contribution is 7.87. The third-order valence-corrected chi connectivity index (χ3v) is 5.58. The SMILES string of the molecule is O=S(=O)(NC1CCCCC1O)N1CCCCCC1. The zero-order valence-electron chi connectivity index (χ0n) is 10.8. The second kappa shape index (κ2) is 6.32. The first-order chi connectivity index (χ1) is 8.59. The second-order valence-corrected chi connectivity index (χ2v) is 7.10. The summed E-state index contributed by atoms with van der Waals surface area (Å²) in [5, 5.41) is 9.84. The first-order valence-electron chi connectivity index (χ1n) is 7.05. The summed E-state index contributed by atoms with van der Waals surface area (Å²) in [7, 11) is -3.42. The van der Waals surface area contributed by atoms with E-state index in [2.05, 4.69) is 4.72 Å². The molecular weight excluding hydrogens is 252 g/mol. The van der Waals surface area contributed by atoms with Crippen LogP contribution in [0.1, 0.15) is 51.4 Å². The highest BCUT2D eigenvalue weighted by atomic mass is 32.2. The van der Waals surface area contributed by atoms with Crippen LogP contribution in [0.3, 0.4) is 0 Å². The van der Waals surface area contributed by atoms with Gasteiger partial charge in [-0.25, -0.2) is 0 Å². The molecule has 5 nitrogen and oxygen atoms in total. The van der Waals surface area contributed by atoms with Gasteiger partial charge in [-0.2, -0.15) is 17.4 Å². The van der Waals surface area contributed by atoms with Gasteiger partial charge >= 0.3 is 0 Å². The van der Waals surface area contributed by atoms with Crippen molar-refractivity contribution < 1.29 is 13.5 Å². The Morgan fingerprint density at radius 3 is 2.17 bits per heavy atom. The molecule has 2 fully saturated rings. The van der Waals surface area contributed by atoms with Crippen LogP contribution in [0, 0.1) is 0 Å². The predicted molar refractivity (Wildman–Crippen MR) is 70.4 cm³/mol. The second-order valence-electron chi connectivity index (χ2n) is 5.39. The third-order valence-electron chi connectivity index (χ3n) is 3.93. The maximum absolute atomic E-state index is 12.3. The monoisotopic (exact) mass is 276 g/mol. The Labute approximate surface area is 110 Å². The number of rotatable bonds is 3. The molecule has 2 aliphatic rings. The zero-order valence-corrected chi connectivity index (χ0v) is 11.7. The third kappa shape index (κ3) is 3.66. The van der Waals surface area contributed by atoms with E-state index in [1.807, 2.05) is 0 Å². The Balaban J connectivity index is 1.96. The van der Waals surface area contributed by atoms with E-state index in [9.17, 15) is 13.5 Å². The molecule has 0 bridgehead atoms. The zero-order chi connectivity index (χ0) is 13.0. The molecule has 0 aromatic rings. The number of nitrogens with zero attached hydrogens (tertiary/aromatic N) is 1. The number of nitrogens with one attached hydrogen (secondary N) is 1. The van der Waals surface area contributed by atoms with Crippen LogP contribution in [0.4, 0.5) is 0 Å². The van der Waals surface area contributed by atoms with Crippen molar-refractivity contribution in [2.24, 2.45) is 0 Å². The van der Waals surface area contributed by atoms with Crippen LogP contribution in [0.2, 0.25) is 0 Å².